The molecule has 4 amide bonds. The van der Waals surface area contributed by atoms with Crippen LogP contribution >= 0.6 is 0 Å². The molecule has 49 nitrogen and oxygen atoms in total. The third-order valence-electron chi connectivity index (χ3n) is 22.3. The highest BCUT2D eigenvalue weighted by Crippen LogP contribution is 2.40. The van der Waals surface area contributed by atoms with E-state index in [1.807, 2.05) is 30.3 Å². The number of aliphatic hydroxyl groups excluding tert-OH is 8. The number of amides is 4. The van der Waals surface area contributed by atoms with E-state index in [2.05, 4.69) is 62.8 Å². The molecule has 133 heavy (non-hydrogen) atoms. The molecule has 0 radical (unpaired) electrons. The molecule has 4 aromatic rings. The van der Waals surface area contributed by atoms with Crippen LogP contribution in [0.5, 0.6) is 0 Å². The predicted octanol–water partition coefficient (Wildman–Crippen LogP) is -4.73. The Labute approximate surface area is 771 Å². The monoisotopic (exact) mass is 1900 g/mol. The summed E-state index contributed by atoms with van der Waals surface area (Å²) < 4.78 is 133. The Hall–Kier alpha value is -6.92. The molecule has 6 bridgehead atoms. The second kappa shape index (κ2) is 58.7. The Morgan fingerprint density at radius 1 is 0.421 bits per heavy atom. The molecule has 1 aromatic carbocycles. The number of fused-ring (bicyclic) bond motifs is 6. The molecule has 754 valence electrons. The average molecular weight is 1900 g/mol. The second-order valence-electron chi connectivity index (χ2n) is 33.2. The number of hydrogen-bond donors (Lipinski definition) is 14. The topological polar surface area (TPSA) is 597 Å². The van der Waals surface area contributed by atoms with E-state index in [1.165, 1.54) is 20.8 Å². The van der Waals surface area contributed by atoms with Gasteiger partial charge in [-0.2, -0.15) is 0 Å². The number of unbranched alkanes of at least 4 members (excludes halogenated alkanes) is 4. The molecule has 6 saturated heterocycles. The minimum Gasteiger partial charge on any atom is -0.450 e. The highest BCUT2D eigenvalue weighted by atomic mass is 16.8. The fourth-order valence-electron chi connectivity index (χ4n) is 15.3. The van der Waals surface area contributed by atoms with E-state index >= 15 is 0 Å². The van der Waals surface area contributed by atoms with Crippen LogP contribution in [0.4, 0.5) is 4.79 Å². The van der Waals surface area contributed by atoms with Gasteiger partial charge in [-0.1, -0.05) is 52.4 Å². The number of nitrogens with zero attached hydrogens (tertiary/aromatic N) is 9. The lowest BCUT2D eigenvalue weighted by molar-refractivity contribution is -0.238. The van der Waals surface area contributed by atoms with Gasteiger partial charge in [-0.15, -0.1) is 15.3 Å². The summed E-state index contributed by atoms with van der Waals surface area (Å²) >= 11 is 0. The quantitative estimate of drug-likeness (QED) is 0.0146. The van der Waals surface area contributed by atoms with Gasteiger partial charge in [0.15, 0.2) is 18.9 Å². The van der Waals surface area contributed by atoms with Gasteiger partial charge in [-0.25, -0.2) is 18.8 Å². The lowest BCUT2D eigenvalue weighted by Gasteiger charge is -2.42. The second-order valence-corrected chi connectivity index (χ2v) is 33.2. The van der Waals surface area contributed by atoms with E-state index in [0.29, 0.717) is 155 Å². The van der Waals surface area contributed by atoms with Crippen molar-refractivity contribution >= 4 is 23.8 Å². The van der Waals surface area contributed by atoms with Gasteiger partial charge in [0.1, 0.15) is 101 Å². The molecule has 0 spiro atoms. The van der Waals surface area contributed by atoms with Crippen LogP contribution < -0.4 is 31.9 Å². The van der Waals surface area contributed by atoms with Crippen LogP contribution in [0.3, 0.4) is 0 Å². The Balaban J connectivity index is 0.653. The molecule has 14 N–H and O–H groups in total. The molecule has 49 heteroatoms. The molecular weight excluding hydrogens is 1760 g/mol. The zero-order valence-corrected chi connectivity index (χ0v) is 76.2. The molecule has 6 fully saturated rings. The SMILES string of the molecule is CC(=O)N[C@H]1[C@H]2OC[C@](COCCOCCOCCOCCn3cc(COCC(COCc4cn(CCOCCOCCOCCOC[C@@]56CO[C@@H](O5)[C@H](NC(C)=O)[C@@H](O)[C@H]6O)nn4)(COCc4cn(CCOCCOCCOCCOC[C@@]56CO[C@@H](O5)[C@H](NC(C)=O)[C@@H](O)[C@H]6O)nn4)NC(O)CCCCCNC(O)CCCCCOC(=O)NCc4ccccc4)nn3)(O2)[C@H](O)[C@@H]1O. The Bertz CT molecular complexity index is 3590. The summed E-state index contributed by atoms with van der Waals surface area (Å²) in [5.41, 5.74) is -2.55. The van der Waals surface area contributed by atoms with Gasteiger partial charge in [-0.05, 0) is 57.1 Å². The minimum absolute atomic E-state index is 0.00696. The summed E-state index contributed by atoms with van der Waals surface area (Å²) in [6, 6.07) is 6.83. The summed E-state index contributed by atoms with van der Waals surface area (Å²) in [6.45, 7) is 11.5. The largest absolute Gasteiger partial charge is 0.450 e. The van der Waals surface area contributed by atoms with Crippen LogP contribution in [-0.4, -0.2) is 429 Å². The number of alkyl carbamates (subject to hydrolysis) is 1. The fourth-order valence-corrected chi connectivity index (χ4v) is 15.3. The van der Waals surface area contributed by atoms with Crippen molar-refractivity contribution in [3.8, 4) is 0 Å². The number of aromatic nitrogens is 9. The van der Waals surface area contributed by atoms with Crippen molar-refractivity contribution in [2.75, 3.05) is 211 Å². The van der Waals surface area contributed by atoms with Crippen molar-refractivity contribution in [2.45, 2.75) is 227 Å². The van der Waals surface area contributed by atoms with Crippen molar-refractivity contribution in [2.24, 2.45) is 0 Å². The van der Waals surface area contributed by atoms with Crippen molar-refractivity contribution in [3.63, 3.8) is 0 Å². The van der Waals surface area contributed by atoms with Gasteiger partial charge >= 0.3 is 6.09 Å². The molecule has 0 aliphatic carbocycles. The van der Waals surface area contributed by atoms with Crippen molar-refractivity contribution < 1.29 is 164 Å². The Morgan fingerprint density at radius 3 is 1.11 bits per heavy atom. The number of aliphatic hydroxyl groups is 8. The number of carbonyl (C=O) groups excluding carboxylic acids is 4. The minimum atomic E-state index is -1.35. The highest BCUT2D eigenvalue weighted by molar-refractivity contribution is 5.74. The fraction of sp³-hybridized carbons (Fsp3) is 0.810. The maximum absolute atomic E-state index is 12.2. The van der Waals surface area contributed by atoms with Crippen LogP contribution in [0.15, 0.2) is 48.9 Å². The molecule has 2 unspecified atom stereocenters. The van der Waals surface area contributed by atoms with Crippen molar-refractivity contribution in [1.29, 1.82) is 0 Å². The van der Waals surface area contributed by atoms with Crippen molar-refractivity contribution in [1.82, 2.24) is 76.9 Å². The van der Waals surface area contributed by atoms with Gasteiger partial charge in [0, 0.05) is 27.3 Å². The first kappa shape index (κ1) is 108. The Kier molecular flexibility index (Phi) is 47.7. The Morgan fingerprint density at radius 2 is 0.752 bits per heavy atom. The van der Waals surface area contributed by atoms with Crippen LogP contribution in [0.1, 0.15) is 94.8 Å². The average Bonchev–Trinajstić information content (AvgIpc) is 1.62. The summed E-state index contributed by atoms with van der Waals surface area (Å²) in [4.78, 5) is 47.0. The standard InChI is InChI=1S/C84H139N15O34/c1-59(100)87-68-71(105)74(108)82(56-128-77(68)131-82)53-121-40-37-118-34-31-115-28-25-112-22-18-97-44-63(91-94-97)47-124-50-81(90-67(104)16-9-5-11-17-85-66(103)15-10-6-12-21-127-80(111)86-43-62-13-7-4-8-14-62,51-125-48-64-45-98(95-92-64)19-23-113-26-29-116-32-35-119-38-41-122-54-83-57-129-78(132-83)69(88-60(2)101)72(106)75(83)109)52-126-49-65-46-99(96-93-65)20-24-114-27-30-117-33-36-120-39-42-123-55-84-58-130-79(133-84)70(89-61(3)102)73(107)76(84)110/h4,7-8,13-14,44-46,66-79,85,90,103-110H,5-6,9-12,15-43,47-58H2,1-3H3,(H,86,111)(H,87,100)(H,88,101)(H,89,102)/t66?,67?,68-,69-,70-,71-,72-,73-,74-,75-,76-,77+,78+,79+,82+,83+,84+/m1/s1. The normalized spacial score (nSPS) is 25.3. The van der Waals surface area contributed by atoms with Crippen LogP contribution in [0.25, 0.3) is 0 Å². The van der Waals surface area contributed by atoms with Crippen LogP contribution in [-0.2, 0) is 165 Å². The first-order chi connectivity index (χ1) is 64.5. The summed E-state index contributed by atoms with van der Waals surface area (Å²) in [5, 5.41) is 130. The molecule has 0 saturated carbocycles. The van der Waals surface area contributed by atoms with Gasteiger partial charge < -0.3 is 166 Å². The zero-order valence-electron chi connectivity index (χ0n) is 76.2. The van der Waals surface area contributed by atoms with E-state index in [4.69, 9.17) is 104 Å². The number of benzene rings is 1. The third-order valence-corrected chi connectivity index (χ3v) is 22.3. The number of nitrogens with one attached hydrogen (secondary N) is 6. The van der Waals surface area contributed by atoms with E-state index in [-0.39, 0.29) is 145 Å². The molecule has 6 aliphatic heterocycles. The van der Waals surface area contributed by atoms with Gasteiger partial charge in [0.05, 0.1) is 268 Å². The zero-order chi connectivity index (χ0) is 94.4. The summed E-state index contributed by atoms with van der Waals surface area (Å²) in [7, 11) is 0. The third kappa shape index (κ3) is 36.7. The number of rotatable bonds is 74. The predicted molar refractivity (Wildman–Crippen MR) is 456 cm³/mol. The summed E-state index contributed by atoms with van der Waals surface area (Å²) in [5.74, 6) is -1.18. The molecular formula is C84H139N15O34. The molecule has 10 rings (SSSR count). The highest BCUT2D eigenvalue weighted by Gasteiger charge is 2.62. The number of hydrogen-bond acceptors (Lipinski definition) is 42. The van der Waals surface area contributed by atoms with Gasteiger partial charge in [0.2, 0.25) is 17.7 Å². The van der Waals surface area contributed by atoms with Crippen LogP contribution in [0.2, 0.25) is 0 Å². The number of carbonyl (C=O) groups is 4. The van der Waals surface area contributed by atoms with E-state index in [9.17, 15) is 60.0 Å². The molecule has 9 heterocycles. The van der Waals surface area contributed by atoms with Gasteiger partial charge in [-0.3, -0.25) is 25.0 Å². The van der Waals surface area contributed by atoms with Crippen molar-refractivity contribution in [3.05, 3.63) is 71.6 Å². The van der Waals surface area contributed by atoms with E-state index < -0.39 is 132 Å². The molecule has 17 atom stereocenters. The lowest BCUT2D eigenvalue weighted by Crippen LogP contribution is -2.66. The first-order valence-electron chi connectivity index (χ1n) is 45.5. The van der Waals surface area contributed by atoms with E-state index in [1.54, 1.807) is 32.6 Å². The van der Waals surface area contributed by atoms with Crippen LogP contribution in [0, 0.1) is 0 Å². The number of ether oxygens (including phenoxy) is 22. The smallest absolute Gasteiger partial charge is 0.407 e. The summed E-state index contributed by atoms with van der Waals surface area (Å²) in [6.07, 6.45) is -2.67. The molecule has 6 aliphatic rings. The maximum atomic E-state index is 12.2. The molecule has 3 aromatic heterocycles. The maximum Gasteiger partial charge on any atom is 0.407 e. The van der Waals surface area contributed by atoms with Gasteiger partial charge in [0.25, 0.3) is 0 Å². The first-order valence-corrected chi connectivity index (χ1v) is 45.5. The van der Waals surface area contributed by atoms with E-state index in [0.717, 1.165) is 31.2 Å². The lowest BCUT2D eigenvalue weighted by atomic mass is 9.88.